The van der Waals surface area contributed by atoms with Crippen LogP contribution in [0, 0.1) is 5.82 Å². The first-order chi connectivity index (χ1) is 12.1. The van der Waals surface area contributed by atoms with Crippen LogP contribution in [0.25, 0.3) is 0 Å². The molecule has 2 N–H and O–H groups in total. The third-order valence-electron chi connectivity index (χ3n) is 3.60. The van der Waals surface area contributed by atoms with Gasteiger partial charge in [-0.05, 0) is 29.6 Å². The van der Waals surface area contributed by atoms with Crippen LogP contribution in [0.5, 0.6) is 0 Å². The highest BCUT2D eigenvalue weighted by Gasteiger charge is 2.14. The molecule has 0 aliphatic rings. The summed E-state index contributed by atoms with van der Waals surface area (Å²) in [6, 6.07) is 14.7. The van der Waals surface area contributed by atoms with Gasteiger partial charge in [-0.1, -0.05) is 30.3 Å². The van der Waals surface area contributed by atoms with E-state index in [2.05, 4.69) is 10.6 Å². The zero-order valence-electron chi connectivity index (χ0n) is 13.2. The number of hydrogen-bond donors (Lipinski definition) is 2. The van der Waals surface area contributed by atoms with Crippen molar-refractivity contribution in [2.75, 3.05) is 5.32 Å². The summed E-state index contributed by atoms with van der Waals surface area (Å²) < 4.78 is 13.6. The van der Waals surface area contributed by atoms with Crippen LogP contribution in [-0.4, -0.2) is 11.8 Å². The van der Waals surface area contributed by atoms with Crippen molar-refractivity contribution >= 4 is 28.8 Å². The molecule has 0 spiro atoms. The van der Waals surface area contributed by atoms with Gasteiger partial charge in [0.1, 0.15) is 5.82 Å². The Morgan fingerprint density at radius 3 is 2.48 bits per heavy atom. The van der Waals surface area contributed by atoms with Gasteiger partial charge in [0, 0.05) is 17.5 Å². The Balaban J connectivity index is 1.72. The first kappa shape index (κ1) is 16.9. The van der Waals surface area contributed by atoms with Crippen molar-refractivity contribution in [3.63, 3.8) is 0 Å². The minimum atomic E-state index is -0.385. The Kier molecular flexibility index (Phi) is 5.20. The van der Waals surface area contributed by atoms with E-state index < -0.39 is 0 Å². The second-order valence-corrected chi connectivity index (χ2v) is 6.07. The van der Waals surface area contributed by atoms with E-state index in [9.17, 15) is 14.0 Å². The van der Waals surface area contributed by atoms with Gasteiger partial charge in [-0.25, -0.2) is 4.39 Å². The van der Waals surface area contributed by atoms with E-state index in [1.54, 1.807) is 53.9 Å². The summed E-state index contributed by atoms with van der Waals surface area (Å²) in [5.74, 6) is -1.04. The topological polar surface area (TPSA) is 58.2 Å². The van der Waals surface area contributed by atoms with E-state index >= 15 is 0 Å². The average Bonchev–Trinajstić information content (AvgIpc) is 3.16. The van der Waals surface area contributed by atoms with E-state index in [-0.39, 0.29) is 24.2 Å². The van der Waals surface area contributed by atoms with Crippen LogP contribution < -0.4 is 10.6 Å². The number of hydrogen-bond acceptors (Lipinski definition) is 3. The molecule has 4 nitrogen and oxygen atoms in total. The van der Waals surface area contributed by atoms with Crippen LogP contribution in [0.4, 0.5) is 10.1 Å². The molecule has 0 fully saturated rings. The number of halogens is 1. The second-order valence-electron chi connectivity index (χ2n) is 5.29. The summed E-state index contributed by atoms with van der Waals surface area (Å²) in [5.41, 5.74) is 1.66. The smallest absolute Gasteiger partial charge is 0.256 e. The summed E-state index contributed by atoms with van der Waals surface area (Å²) in [4.78, 5) is 24.6. The molecular formula is C19H15FN2O2S. The van der Waals surface area contributed by atoms with E-state index in [1.807, 2.05) is 5.38 Å². The summed E-state index contributed by atoms with van der Waals surface area (Å²) in [6.45, 7) is 0.0678. The van der Waals surface area contributed by atoms with Crippen molar-refractivity contribution in [3.8, 4) is 0 Å². The van der Waals surface area contributed by atoms with Crippen molar-refractivity contribution < 1.29 is 14.0 Å². The number of carbonyl (C=O) groups excluding carboxylic acids is 2. The maximum atomic E-state index is 13.6. The molecule has 0 bridgehead atoms. The number of benzene rings is 2. The lowest BCUT2D eigenvalue weighted by atomic mass is 10.1. The van der Waals surface area contributed by atoms with Gasteiger partial charge in [0.25, 0.3) is 11.8 Å². The highest BCUT2D eigenvalue weighted by Crippen LogP contribution is 2.17. The lowest BCUT2D eigenvalue weighted by Crippen LogP contribution is -2.25. The molecule has 0 saturated heterocycles. The highest BCUT2D eigenvalue weighted by molar-refractivity contribution is 7.08. The molecule has 126 valence electrons. The molecule has 0 radical (unpaired) electrons. The predicted molar refractivity (Wildman–Crippen MR) is 96.3 cm³/mol. The first-order valence-electron chi connectivity index (χ1n) is 7.59. The number of anilines is 1. The third kappa shape index (κ3) is 4.10. The number of nitrogens with one attached hydrogen (secondary N) is 2. The van der Waals surface area contributed by atoms with E-state index in [1.165, 1.54) is 17.4 Å². The van der Waals surface area contributed by atoms with Crippen molar-refractivity contribution in [2.45, 2.75) is 6.54 Å². The predicted octanol–water partition coefficient (Wildman–Crippen LogP) is 4.07. The minimum Gasteiger partial charge on any atom is -0.348 e. The molecule has 0 aliphatic heterocycles. The second kappa shape index (κ2) is 7.72. The molecule has 0 aliphatic carbocycles. The number of amides is 2. The number of carbonyl (C=O) groups is 2. The zero-order chi connectivity index (χ0) is 17.6. The standard InChI is InChI=1S/C19H15FN2O2S/c20-16-7-3-1-5-13(16)11-21-19(24)15-6-2-4-8-17(15)22-18(23)14-9-10-25-12-14/h1-10,12H,11H2,(H,21,24)(H,22,23). The molecule has 3 rings (SSSR count). The molecular weight excluding hydrogens is 339 g/mol. The number of rotatable bonds is 5. The molecule has 2 amide bonds. The minimum absolute atomic E-state index is 0.0678. The van der Waals surface area contributed by atoms with E-state index in [0.717, 1.165) is 0 Å². The van der Waals surface area contributed by atoms with Gasteiger partial charge in [-0.15, -0.1) is 0 Å². The Morgan fingerprint density at radius 1 is 0.960 bits per heavy atom. The van der Waals surface area contributed by atoms with Crippen LogP contribution >= 0.6 is 11.3 Å². The van der Waals surface area contributed by atoms with Crippen molar-refractivity contribution in [1.29, 1.82) is 0 Å². The summed E-state index contributed by atoms with van der Waals surface area (Å²) >= 11 is 1.42. The normalized spacial score (nSPS) is 10.3. The fourth-order valence-electron chi connectivity index (χ4n) is 2.29. The van der Waals surface area contributed by atoms with Gasteiger partial charge < -0.3 is 10.6 Å². The molecule has 25 heavy (non-hydrogen) atoms. The maximum absolute atomic E-state index is 13.6. The summed E-state index contributed by atoms with van der Waals surface area (Å²) in [7, 11) is 0. The Morgan fingerprint density at radius 2 is 1.72 bits per heavy atom. The molecule has 2 aromatic carbocycles. The average molecular weight is 354 g/mol. The Hall–Kier alpha value is -2.99. The van der Waals surface area contributed by atoms with Crippen LogP contribution in [0.15, 0.2) is 65.4 Å². The molecule has 0 atom stereocenters. The van der Waals surface area contributed by atoms with Gasteiger partial charge in [0.15, 0.2) is 0 Å². The van der Waals surface area contributed by atoms with Crippen molar-refractivity contribution in [1.82, 2.24) is 5.32 Å². The number of thiophene rings is 1. The van der Waals surface area contributed by atoms with Crippen LogP contribution in [0.3, 0.4) is 0 Å². The van der Waals surface area contributed by atoms with Gasteiger partial charge in [-0.2, -0.15) is 11.3 Å². The van der Waals surface area contributed by atoms with Gasteiger partial charge >= 0.3 is 0 Å². The molecule has 1 aromatic heterocycles. The van der Waals surface area contributed by atoms with E-state index in [4.69, 9.17) is 0 Å². The fourth-order valence-corrected chi connectivity index (χ4v) is 2.93. The van der Waals surface area contributed by atoms with Gasteiger partial charge in [0.05, 0.1) is 16.8 Å². The zero-order valence-corrected chi connectivity index (χ0v) is 14.0. The monoisotopic (exact) mass is 354 g/mol. The number of para-hydroxylation sites is 1. The SMILES string of the molecule is O=C(Nc1ccccc1C(=O)NCc1ccccc1F)c1ccsc1. The molecule has 0 unspecified atom stereocenters. The van der Waals surface area contributed by atoms with Gasteiger partial charge in [-0.3, -0.25) is 9.59 Å². The van der Waals surface area contributed by atoms with Crippen LogP contribution in [0.2, 0.25) is 0 Å². The van der Waals surface area contributed by atoms with E-state index in [0.29, 0.717) is 22.4 Å². The van der Waals surface area contributed by atoms with Crippen LogP contribution in [0.1, 0.15) is 26.3 Å². The van der Waals surface area contributed by atoms with Crippen molar-refractivity contribution in [3.05, 3.63) is 87.9 Å². The quantitative estimate of drug-likeness (QED) is 0.726. The van der Waals surface area contributed by atoms with Crippen LogP contribution in [-0.2, 0) is 6.54 Å². The highest BCUT2D eigenvalue weighted by atomic mass is 32.1. The fraction of sp³-hybridized carbons (Fsp3) is 0.0526. The molecule has 3 aromatic rings. The molecule has 1 heterocycles. The van der Waals surface area contributed by atoms with Gasteiger partial charge in [0.2, 0.25) is 0 Å². The molecule has 6 heteroatoms. The summed E-state index contributed by atoms with van der Waals surface area (Å²) in [5, 5.41) is 8.95. The third-order valence-corrected chi connectivity index (χ3v) is 4.28. The Bertz CT molecular complexity index is 894. The summed E-state index contributed by atoms with van der Waals surface area (Å²) in [6.07, 6.45) is 0. The largest absolute Gasteiger partial charge is 0.348 e. The van der Waals surface area contributed by atoms with Crippen molar-refractivity contribution in [2.24, 2.45) is 0 Å². The Labute approximate surface area is 148 Å². The lowest BCUT2D eigenvalue weighted by Gasteiger charge is -2.11. The lowest BCUT2D eigenvalue weighted by molar-refractivity contribution is 0.0951. The first-order valence-corrected chi connectivity index (χ1v) is 8.53. The molecule has 0 saturated carbocycles. The maximum Gasteiger partial charge on any atom is 0.256 e.